The number of hydrogen-bond acceptors (Lipinski definition) is 5. The average Bonchev–Trinajstić information content (AvgIpc) is 2.36. The first-order valence-corrected chi connectivity index (χ1v) is 6.47. The SMILES string of the molecule is CC(C(=O)O)=C(C(O)CCCO)C(O)CCCCO. The van der Waals surface area contributed by atoms with E-state index in [0.717, 1.165) is 0 Å². The molecule has 0 aliphatic rings. The summed E-state index contributed by atoms with van der Waals surface area (Å²) in [7, 11) is 0. The fourth-order valence-corrected chi connectivity index (χ4v) is 1.89. The van der Waals surface area contributed by atoms with Crippen molar-refractivity contribution in [2.75, 3.05) is 13.2 Å². The standard InChI is InChI=1S/C13H24O6/c1-9(13(18)19)12(11(17)6-4-8-15)10(16)5-2-3-7-14/h10-11,14-17H,2-8H2,1H3,(H,18,19). The molecule has 0 saturated heterocycles. The van der Waals surface area contributed by atoms with E-state index in [1.165, 1.54) is 6.92 Å². The van der Waals surface area contributed by atoms with Crippen LogP contribution in [0.15, 0.2) is 11.1 Å². The molecule has 0 aromatic heterocycles. The highest BCUT2D eigenvalue weighted by Gasteiger charge is 2.23. The molecule has 0 aliphatic heterocycles. The molecule has 2 atom stereocenters. The van der Waals surface area contributed by atoms with Gasteiger partial charge in [-0.2, -0.15) is 0 Å². The third kappa shape index (κ3) is 6.68. The van der Waals surface area contributed by atoms with Crippen molar-refractivity contribution < 1.29 is 30.3 Å². The summed E-state index contributed by atoms with van der Waals surface area (Å²) in [6.07, 6.45) is -0.238. The van der Waals surface area contributed by atoms with Crippen molar-refractivity contribution in [1.29, 1.82) is 0 Å². The molecule has 5 N–H and O–H groups in total. The van der Waals surface area contributed by atoms with Crippen molar-refractivity contribution >= 4 is 5.97 Å². The van der Waals surface area contributed by atoms with E-state index in [9.17, 15) is 15.0 Å². The summed E-state index contributed by atoms with van der Waals surface area (Å²) in [4.78, 5) is 11.0. The Hall–Kier alpha value is -0.950. The third-order valence-corrected chi connectivity index (χ3v) is 2.99. The molecular weight excluding hydrogens is 252 g/mol. The minimum absolute atomic E-state index is 0.0107. The van der Waals surface area contributed by atoms with E-state index in [-0.39, 0.29) is 37.2 Å². The van der Waals surface area contributed by atoms with Gasteiger partial charge in [-0.25, -0.2) is 4.79 Å². The van der Waals surface area contributed by atoms with Crippen molar-refractivity contribution in [2.45, 2.75) is 51.2 Å². The van der Waals surface area contributed by atoms with E-state index in [0.29, 0.717) is 19.3 Å². The second-order valence-electron chi connectivity index (χ2n) is 4.50. The maximum atomic E-state index is 11.0. The Kier molecular flexibility index (Phi) is 9.42. The highest BCUT2D eigenvalue weighted by molar-refractivity contribution is 5.87. The minimum atomic E-state index is -1.18. The smallest absolute Gasteiger partial charge is 0.331 e. The summed E-state index contributed by atoms with van der Waals surface area (Å²) in [6, 6.07) is 0. The van der Waals surface area contributed by atoms with Gasteiger partial charge in [0.05, 0.1) is 12.2 Å². The summed E-state index contributed by atoms with van der Waals surface area (Å²) in [5.74, 6) is -1.18. The molecule has 0 aliphatic carbocycles. The van der Waals surface area contributed by atoms with Gasteiger partial charge in [0.15, 0.2) is 0 Å². The molecular formula is C13H24O6. The predicted molar refractivity (Wildman–Crippen MR) is 69.6 cm³/mol. The lowest BCUT2D eigenvalue weighted by Gasteiger charge is -2.22. The molecule has 19 heavy (non-hydrogen) atoms. The molecule has 0 heterocycles. The van der Waals surface area contributed by atoms with Gasteiger partial charge in [0, 0.05) is 18.8 Å². The molecule has 0 rings (SSSR count). The predicted octanol–water partition coefficient (Wildman–Crippen LogP) is 0.0444. The largest absolute Gasteiger partial charge is 0.478 e. The quantitative estimate of drug-likeness (QED) is 0.284. The Morgan fingerprint density at radius 3 is 1.84 bits per heavy atom. The first-order chi connectivity index (χ1) is 8.95. The lowest BCUT2D eigenvalue weighted by Crippen LogP contribution is -2.26. The molecule has 112 valence electrons. The Morgan fingerprint density at radius 2 is 1.42 bits per heavy atom. The van der Waals surface area contributed by atoms with Crippen molar-refractivity contribution in [3.8, 4) is 0 Å². The zero-order valence-electron chi connectivity index (χ0n) is 11.2. The fourth-order valence-electron chi connectivity index (χ4n) is 1.89. The molecule has 2 unspecified atom stereocenters. The van der Waals surface area contributed by atoms with Crippen LogP contribution >= 0.6 is 0 Å². The van der Waals surface area contributed by atoms with Crippen LogP contribution in [0.25, 0.3) is 0 Å². The number of hydrogen-bond donors (Lipinski definition) is 5. The lowest BCUT2D eigenvalue weighted by molar-refractivity contribution is -0.132. The molecule has 0 saturated carbocycles. The molecule has 0 aromatic carbocycles. The van der Waals surface area contributed by atoms with Crippen molar-refractivity contribution in [1.82, 2.24) is 0 Å². The first kappa shape index (κ1) is 18.0. The number of carbonyl (C=O) groups is 1. The zero-order valence-corrected chi connectivity index (χ0v) is 11.2. The Bertz CT molecular complexity index is 300. The van der Waals surface area contributed by atoms with Gasteiger partial charge in [0.1, 0.15) is 0 Å². The van der Waals surface area contributed by atoms with Gasteiger partial charge >= 0.3 is 5.97 Å². The van der Waals surface area contributed by atoms with Gasteiger partial charge in [0.2, 0.25) is 0 Å². The van der Waals surface area contributed by atoms with Crippen LogP contribution in [-0.2, 0) is 4.79 Å². The number of aliphatic carboxylic acids is 1. The van der Waals surface area contributed by atoms with Crippen LogP contribution in [0.2, 0.25) is 0 Å². The van der Waals surface area contributed by atoms with Crippen LogP contribution < -0.4 is 0 Å². The Morgan fingerprint density at radius 1 is 0.947 bits per heavy atom. The first-order valence-electron chi connectivity index (χ1n) is 6.47. The van der Waals surface area contributed by atoms with Gasteiger partial charge in [-0.1, -0.05) is 0 Å². The minimum Gasteiger partial charge on any atom is -0.478 e. The molecule has 6 nitrogen and oxygen atoms in total. The van der Waals surface area contributed by atoms with Crippen molar-refractivity contribution in [3.05, 3.63) is 11.1 Å². The van der Waals surface area contributed by atoms with E-state index in [4.69, 9.17) is 15.3 Å². The summed E-state index contributed by atoms with van der Waals surface area (Å²) < 4.78 is 0. The monoisotopic (exact) mass is 276 g/mol. The highest BCUT2D eigenvalue weighted by atomic mass is 16.4. The van der Waals surface area contributed by atoms with Crippen LogP contribution in [0, 0.1) is 0 Å². The van der Waals surface area contributed by atoms with Gasteiger partial charge in [0.25, 0.3) is 0 Å². The number of unbranched alkanes of at least 4 members (excludes halogenated alkanes) is 1. The second kappa shape index (κ2) is 9.91. The Labute approximate surface area is 113 Å². The van der Waals surface area contributed by atoms with E-state index < -0.39 is 18.2 Å². The van der Waals surface area contributed by atoms with Gasteiger partial charge in [-0.3, -0.25) is 0 Å². The van der Waals surface area contributed by atoms with Gasteiger partial charge < -0.3 is 25.5 Å². The summed E-state index contributed by atoms with van der Waals surface area (Å²) in [6.45, 7) is 1.25. The normalized spacial score (nSPS) is 15.8. The molecule has 0 spiro atoms. The zero-order chi connectivity index (χ0) is 14.8. The fraction of sp³-hybridized carbons (Fsp3) is 0.769. The lowest BCUT2D eigenvalue weighted by atomic mass is 9.92. The maximum Gasteiger partial charge on any atom is 0.331 e. The van der Waals surface area contributed by atoms with Crippen LogP contribution in [-0.4, -0.2) is 56.9 Å². The number of carboxylic acid groups (broad SMARTS) is 1. The summed E-state index contributed by atoms with van der Waals surface area (Å²) in [5.41, 5.74) is 0.0285. The summed E-state index contributed by atoms with van der Waals surface area (Å²) in [5, 5.41) is 46.3. The van der Waals surface area contributed by atoms with Gasteiger partial charge in [-0.05, 0) is 44.6 Å². The molecule has 0 amide bonds. The van der Waals surface area contributed by atoms with Crippen molar-refractivity contribution in [3.63, 3.8) is 0 Å². The highest BCUT2D eigenvalue weighted by Crippen LogP contribution is 2.21. The van der Waals surface area contributed by atoms with E-state index in [1.54, 1.807) is 0 Å². The summed E-state index contributed by atoms with van der Waals surface area (Å²) >= 11 is 0. The van der Waals surface area contributed by atoms with Gasteiger partial charge in [-0.15, -0.1) is 0 Å². The maximum absolute atomic E-state index is 11.0. The molecule has 0 aromatic rings. The number of carboxylic acids is 1. The number of rotatable bonds is 10. The number of aliphatic hydroxyl groups is 4. The molecule has 0 fully saturated rings. The molecule has 0 bridgehead atoms. The third-order valence-electron chi connectivity index (χ3n) is 2.99. The molecule has 6 heteroatoms. The number of aliphatic hydroxyl groups excluding tert-OH is 4. The topological polar surface area (TPSA) is 118 Å². The van der Waals surface area contributed by atoms with E-state index >= 15 is 0 Å². The van der Waals surface area contributed by atoms with Crippen LogP contribution in [0.4, 0.5) is 0 Å². The van der Waals surface area contributed by atoms with Crippen LogP contribution in [0.3, 0.4) is 0 Å². The average molecular weight is 276 g/mol. The van der Waals surface area contributed by atoms with Crippen LogP contribution in [0.1, 0.15) is 39.0 Å². The van der Waals surface area contributed by atoms with E-state index in [1.807, 2.05) is 0 Å². The van der Waals surface area contributed by atoms with Crippen molar-refractivity contribution in [2.24, 2.45) is 0 Å². The molecule has 0 radical (unpaired) electrons. The van der Waals surface area contributed by atoms with E-state index in [2.05, 4.69) is 0 Å². The second-order valence-corrected chi connectivity index (χ2v) is 4.50. The Balaban J connectivity index is 4.86. The van der Waals surface area contributed by atoms with Crippen LogP contribution in [0.5, 0.6) is 0 Å².